The van der Waals surface area contributed by atoms with Crippen molar-refractivity contribution in [1.82, 2.24) is 10.2 Å². The maximum atomic E-state index is 11.4. The van der Waals surface area contributed by atoms with Gasteiger partial charge >= 0.3 is 5.97 Å². The summed E-state index contributed by atoms with van der Waals surface area (Å²) in [5, 5.41) is 3.94. The number of rotatable bonds is 6. The molecule has 6 heteroatoms. The molecule has 0 bridgehead atoms. The molecular formula is C16H24ClN3O2. The van der Waals surface area contributed by atoms with Gasteiger partial charge in [0.2, 0.25) is 0 Å². The largest absolute Gasteiger partial charge is 0.469 e. The van der Waals surface area contributed by atoms with E-state index in [1.54, 1.807) is 6.92 Å². The third-order valence-corrected chi connectivity index (χ3v) is 3.55. The van der Waals surface area contributed by atoms with Crippen molar-refractivity contribution >= 4 is 23.5 Å². The molecule has 122 valence electrons. The topological polar surface area (TPSA) is 53.9 Å². The van der Waals surface area contributed by atoms with Crippen LogP contribution in [0.2, 0.25) is 5.02 Å². The average molecular weight is 326 g/mol. The molecule has 5 nitrogen and oxygen atoms in total. The van der Waals surface area contributed by atoms with E-state index in [-0.39, 0.29) is 11.9 Å². The fourth-order valence-corrected chi connectivity index (χ4v) is 2.12. The van der Waals surface area contributed by atoms with Gasteiger partial charge in [0.05, 0.1) is 19.6 Å². The minimum Gasteiger partial charge on any atom is -0.469 e. The van der Waals surface area contributed by atoms with Crippen molar-refractivity contribution in [2.45, 2.75) is 20.4 Å². The van der Waals surface area contributed by atoms with Gasteiger partial charge in [-0.05, 0) is 18.6 Å². The lowest BCUT2D eigenvalue weighted by atomic mass is 10.2. The number of esters is 1. The summed E-state index contributed by atoms with van der Waals surface area (Å²) in [6.07, 6.45) is 0. The highest BCUT2D eigenvalue weighted by Crippen LogP contribution is 2.16. The Bertz CT molecular complexity index is 520. The Morgan fingerprint density at radius 1 is 1.45 bits per heavy atom. The fourth-order valence-electron chi connectivity index (χ4n) is 1.93. The van der Waals surface area contributed by atoms with E-state index < -0.39 is 0 Å². The lowest BCUT2D eigenvalue weighted by molar-refractivity contribution is -0.144. The third kappa shape index (κ3) is 5.56. The molecule has 0 amide bonds. The summed E-state index contributed by atoms with van der Waals surface area (Å²) in [6.45, 7) is 5.56. The number of hydrogen-bond donors (Lipinski definition) is 1. The highest BCUT2D eigenvalue weighted by molar-refractivity contribution is 6.31. The first-order chi connectivity index (χ1) is 10.5. The standard InChI is InChI=1S/C16H24ClN3O2/c1-5-18-16(19-10-12(2)15(21)22-4)20(3)11-13-8-6-7-9-14(13)17/h6-9,12H,5,10-11H2,1-4H3,(H,18,19). The molecule has 1 rings (SSSR count). The zero-order valence-corrected chi connectivity index (χ0v) is 14.4. The van der Waals surface area contributed by atoms with Crippen LogP contribution < -0.4 is 5.32 Å². The number of guanidine groups is 1. The van der Waals surface area contributed by atoms with Crippen LogP contribution in [0, 0.1) is 5.92 Å². The Labute approximate surface area is 137 Å². The van der Waals surface area contributed by atoms with Gasteiger partial charge in [0.25, 0.3) is 0 Å². The van der Waals surface area contributed by atoms with Gasteiger partial charge in [-0.3, -0.25) is 9.79 Å². The number of nitrogens with zero attached hydrogens (tertiary/aromatic N) is 2. The third-order valence-electron chi connectivity index (χ3n) is 3.18. The quantitative estimate of drug-likeness (QED) is 0.496. The van der Waals surface area contributed by atoms with Gasteiger partial charge in [-0.25, -0.2) is 0 Å². The summed E-state index contributed by atoms with van der Waals surface area (Å²) in [4.78, 5) is 17.9. The van der Waals surface area contributed by atoms with Crippen LogP contribution in [0.4, 0.5) is 0 Å². The van der Waals surface area contributed by atoms with Gasteiger partial charge in [0.1, 0.15) is 0 Å². The number of nitrogens with one attached hydrogen (secondary N) is 1. The number of hydrogen-bond acceptors (Lipinski definition) is 3. The monoisotopic (exact) mass is 325 g/mol. The van der Waals surface area contributed by atoms with Gasteiger partial charge < -0.3 is 15.0 Å². The molecular weight excluding hydrogens is 302 g/mol. The van der Waals surface area contributed by atoms with Crippen molar-refractivity contribution in [3.63, 3.8) is 0 Å². The van der Waals surface area contributed by atoms with Crippen molar-refractivity contribution in [3.8, 4) is 0 Å². The Balaban J connectivity index is 2.76. The second-order valence-corrected chi connectivity index (χ2v) is 5.47. The van der Waals surface area contributed by atoms with E-state index in [1.807, 2.05) is 43.1 Å². The number of aliphatic imine (C=N–C) groups is 1. The Morgan fingerprint density at radius 3 is 2.73 bits per heavy atom. The second-order valence-electron chi connectivity index (χ2n) is 5.07. The Hall–Kier alpha value is -1.75. The number of ether oxygens (including phenoxy) is 1. The smallest absolute Gasteiger partial charge is 0.310 e. The highest BCUT2D eigenvalue weighted by Gasteiger charge is 2.14. The molecule has 1 aromatic carbocycles. The lowest BCUT2D eigenvalue weighted by Gasteiger charge is -2.23. The average Bonchev–Trinajstić information content (AvgIpc) is 2.52. The van der Waals surface area contributed by atoms with Gasteiger partial charge in [-0.15, -0.1) is 0 Å². The van der Waals surface area contributed by atoms with Crippen LogP contribution in [0.3, 0.4) is 0 Å². The second kappa shape index (κ2) is 9.30. The first kappa shape index (κ1) is 18.3. The highest BCUT2D eigenvalue weighted by atomic mass is 35.5. The van der Waals surface area contributed by atoms with Crippen molar-refractivity contribution in [2.24, 2.45) is 10.9 Å². The van der Waals surface area contributed by atoms with Crippen molar-refractivity contribution in [3.05, 3.63) is 34.9 Å². The Kier molecular flexibility index (Phi) is 7.74. The van der Waals surface area contributed by atoms with Crippen LogP contribution in [0.5, 0.6) is 0 Å². The molecule has 1 aromatic rings. The molecule has 0 aliphatic heterocycles. The molecule has 0 aromatic heterocycles. The van der Waals surface area contributed by atoms with Crippen LogP contribution in [0.15, 0.2) is 29.3 Å². The van der Waals surface area contributed by atoms with Gasteiger partial charge in [0, 0.05) is 25.2 Å². The van der Waals surface area contributed by atoms with E-state index in [1.165, 1.54) is 7.11 Å². The number of halogens is 1. The van der Waals surface area contributed by atoms with E-state index in [0.29, 0.717) is 13.1 Å². The summed E-state index contributed by atoms with van der Waals surface area (Å²) < 4.78 is 4.72. The van der Waals surface area contributed by atoms with E-state index in [2.05, 4.69) is 10.3 Å². The molecule has 1 unspecified atom stereocenters. The van der Waals surface area contributed by atoms with Crippen LogP contribution in [0.25, 0.3) is 0 Å². The molecule has 0 spiro atoms. The molecule has 0 saturated heterocycles. The predicted molar refractivity (Wildman–Crippen MR) is 90.1 cm³/mol. The van der Waals surface area contributed by atoms with E-state index in [0.717, 1.165) is 23.1 Å². The molecule has 22 heavy (non-hydrogen) atoms. The molecule has 0 fully saturated rings. The molecule has 0 saturated carbocycles. The fraction of sp³-hybridized carbons (Fsp3) is 0.500. The van der Waals surface area contributed by atoms with E-state index in [4.69, 9.17) is 16.3 Å². The van der Waals surface area contributed by atoms with Crippen molar-refractivity contribution in [1.29, 1.82) is 0 Å². The maximum Gasteiger partial charge on any atom is 0.310 e. The molecule has 1 atom stereocenters. The summed E-state index contributed by atoms with van der Waals surface area (Å²) in [6, 6.07) is 7.72. The van der Waals surface area contributed by atoms with Gasteiger partial charge in [-0.1, -0.05) is 36.7 Å². The zero-order chi connectivity index (χ0) is 16.5. The number of carbonyl (C=O) groups is 1. The summed E-state index contributed by atoms with van der Waals surface area (Å²) in [5.74, 6) is 0.207. The SMILES string of the molecule is CCNC(=NCC(C)C(=O)OC)N(C)Cc1ccccc1Cl. The van der Waals surface area contributed by atoms with Crippen molar-refractivity contribution < 1.29 is 9.53 Å². The molecule has 0 aliphatic carbocycles. The molecule has 1 N–H and O–H groups in total. The number of methoxy groups -OCH3 is 1. The number of benzene rings is 1. The van der Waals surface area contributed by atoms with Crippen LogP contribution in [-0.4, -0.2) is 44.1 Å². The van der Waals surface area contributed by atoms with E-state index >= 15 is 0 Å². The Morgan fingerprint density at radius 2 is 2.14 bits per heavy atom. The van der Waals surface area contributed by atoms with Crippen LogP contribution in [0.1, 0.15) is 19.4 Å². The maximum absolute atomic E-state index is 11.4. The predicted octanol–water partition coefficient (Wildman–Crippen LogP) is 2.55. The summed E-state index contributed by atoms with van der Waals surface area (Å²) in [7, 11) is 3.32. The summed E-state index contributed by atoms with van der Waals surface area (Å²) in [5.41, 5.74) is 1.03. The summed E-state index contributed by atoms with van der Waals surface area (Å²) >= 11 is 6.19. The molecule has 0 radical (unpaired) electrons. The van der Waals surface area contributed by atoms with Crippen molar-refractivity contribution in [2.75, 3.05) is 27.2 Å². The minimum atomic E-state index is -0.271. The molecule has 0 aliphatic rings. The number of carbonyl (C=O) groups excluding carboxylic acids is 1. The first-order valence-electron chi connectivity index (χ1n) is 7.30. The lowest BCUT2D eigenvalue weighted by Crippen LogP contribution is -2.39. The van der Waals surface area contributed by atoms with Crippen LogP contribution in [-0.2, 0) is 16.1 Å². The first-order valence-corrected chi connectivity index (χ1v) is 7.68. The van der Waals surface area contributed by atoms with Crippen LogP contribution >= 0.6 is 11.6 Å². The van der Waals surface area contributed by atoms with Gasteiger partial charge in [0.15, 0.2) is 5.96 Å². The molecule has 0 heterocycles. The van der Waals surface area contributed by atoms with Gasteiger partial charge in [-0.2, -0.15) is 0 Å². The normalized spacial score (nSPS) is 12.7. The van der Waals surface area contributed by atoms with E-state index in [9.17, 15) is 4.79 Å². The minimum absolute atomic E-state index is 0.256. The zero-order valence-electron chi connectivity index (χ0n) is 13.6.